The summed E-state index contributed by atoms with van der Waals surface area (Å²) >= 11 is 1.76. The van der Waals surface area contributed by atoms with Crippen LogP contribution in [0, 0.1) is 0 Å². The average molecular weight is 330 g/mol. The molecule has 0 spiro atoms. The van der Waals surface area contributed by atoms with Crippen LogP contribution < -0.4 is 19.7 Å². The third kappa shape index (κ3) is 3.22. The topological polar surface area (TPSA) is 50.8 Å². The van der Waals surface area contributed by atoms with Gasteiger partial charge >= 0.3 is 6.03 Å². The highest BCUT2D eigenvalue weighted by molar-refractivity contribution is 7.99. The van der Waals surface area contributed by atoms with Gasteiger partial charge in [-0.1, -0.05) is 12.1 Å². The first-order chi connectivity index (χ1) is 11.2. The predicted octanol–water partition coefficient (Wildman–Crippen LogP) is 3.85. The van der Waals surface area contributed by atoms with E-state index >= 15 is 0 Å². The number of rotatable bonds is 3. The molecule has 0 fully saturated rings. The largest absolute Gasteiger partial charge is 0.497 e. The maximum Gasteiger partial charge on any atom is 0.326 e. The van der Waals surface area contributed by atoms with Gasteiger partial charge in [-0.15, -0.1) is 11.8 Å². The quantitative estimate of drug-likeness (QED) is 0.929. The van der Waals surface area contributed by atoms with Crippen molar-refractivity contribution in [2.24, 2.45) is 0 Å². The summed E-state index contributed by atoms with van der Waals surface area (Å²) in [6, 6.07) is 13.1. The molecule has 2 aromatic carbocycles. The number of nitrogens with zero attached hydrogens (tertiary/aromatic N) is 1. The summed E-state index contributed by atoms with van der Waals surface area (Å²) in [5.74, 6) is 2.13. The number of thioether (sulfide) groups is 1. The van der Waals surface area contributed by atoms with Crippen LogP contribution in [0.3, 0.4) is 0 Å². The zero-order valence-electron chi connectivity index (χ0n) is 13.0. The number of anilines is 2. The Morgan fingerprint density at radius 3 is 2.78 bits per heavy atom. The molecule has 23 heavy (non-hydrogen) atoms. The molecule has 1 N–H and O–H groups in total. The van der Waals surface area contributed by atoms with Crippen molar-refractivity contribution in [3.05, 3.63) is 42.5 Å². The Morgan fingerprint density at radius 2 is 2.00 bits per heavy atom. The van der Waals surface area contributed by atoms with E-state index in [1.807, 2.05) is 24.3 Å². The minimum absolute atomic E-state index is 0.177. The average Bonchev–Trinajstić information content (AvgIpc) is 2.61. The fraction of sp³-hybridized carbons (Fsp3) is 0.235. The fourth-order valence-electron chi connectivity index (χ4n) is 2.47. The summed E-state index contributed by atoms with van der Waals surface area (Å²) in [6.45, 7) is 0.666. The number of para-hydroxylation sites is 1. The number of ether oxygens (including phenoxy) is 2. The maximum atomic E-state index is 12.7. The van der Waals surface area contributed by atoms with Crippen molar-refractivity contribution in [2.45, 2.75) is 4.90 Å². The van der Waals surface area contributed by atoms with Crippen LogP contribution in [0.2, 0.25) is 0 Å². The van der Waals surface area contributed by atoms with E-state index in [0.29, 0.717) is 23.7 Å². The number of hydrogen-bond acceptors (Lipinski definition) is 4. The lowest BCUT2D eigenvalue weighted by atomic mass is 10.2. The number of urea groups is 1. The minimum atomic E-state index is -0.177. The molecule has 0 saturated carbocycles. The van der Waals surface area contributed by atoms with E-state index in [0.717, 1.165) is 16.3 Å². The first-order valence-corrected chi connectivity index (χ1v) is 8.24. The second kappa shape index (κ2) is 6.83. The molecule has 1 aliphatic heterocycles. The number of carbonyl (C=O) groups excluding carboxylic acids is 1. The Labute approximate surface area is 139 Å². The maximum absolute atomic E-state index is 12.7. The van der Waals surface area contributed by atoms with Gasteiger partial charge in [0, 0.05) is 23.3 Å². The number of fused-ring (bicyclic) bond motifs is 1. The lowest BCUT2D eigenvalue weighted by Gasteiger charge is -2.29. The molecule has 2 aromatic rings. The van der Waals surface area contributed by atoms with Crippen molar-refractivity contribution < 1.29 is 14.3 Å². The summed E-state index contributed by atoms with van der Waals surface area (Å²) in [5, 5.41) is 2.92. The highest BCUT2D eigenvalue weighted by Gasteiger charge is 2.23. The molecule has 0 bridgehead atoms. The van der Waals surface area contributed by atoms with Crippen molar-refractivity contribution in [3.8, 4) is 11.5 Å². The van der Waals surface area contributed by atoms with E-state index in [1.54, 1.807) is 49.1 Å². The van der Waals surface area contributed by atoms with Gasteiger partial charge < -0.3 is 14.8 Å². The molecular weight excluding hydrogens is 312 g/mol. The SMILES string of the molecule is COc1ccc(OC)c(NC(=O)N2CCSc3ccccc32)c1. The van der Waals surface area contributed by atoms with E-state index < -0.39 is 0 Å². The molecule has 0 aliphatic carbocycles. The third-order valence-electron chi connectivity index (χ3n) is 3.62. The van der Waals surface area contributed by atoms with Crippen molar-refractivity contribution in [2.75, 3.05) is 36.7 Å². The molecule has 0 radical (unpaired) electrons. The number of carbonyl (C=O) groups is 1. The molecule has 0 unspecified atom stereocenters. The van der Waals surface area contributed by atoms with Crippen LogP contribution in [0.25, 0.3) is 0 Å². The highest BCUT2D eigenvalue weighted by atomic mass is 32.2. The zero-order chi connectivity index (χ0) is 16.2. The van der Waals surface area contributed by atoms with Crippen molar-refractivity contribution in [1.29, 1.82) is 0 Å². The number of hydrogen-bond donors (Lipinski definition) is 1. The van der Waals surface area contributed by atoms with E-state index in [9.17, 15) is 4.79 Å². The van der Waals surface area contributed by atoms with Crippen LogP contribution in [0.4, 0.5) is 16.2 Å². The zero-order valence-corrected chi connectivity index (χ0v) is 13.9. The number of benzene rings is 2. The van der Waals surface area contributed by atoms with E-state index in [1.165, 1.54) is 0 Å². The summed E-state index contributed by atoms with van der Waals surface area (Å²) in [4.78, 5) is 15.6. The van der Waals surface area contributed by atoms with Crippen LogP contribution in [0.15, 0.2) is 47.4 Å². The summed E-state index contributed by atoms with van der Waals surface area (Å²) in [7, 11) is 3.16. The molecule has 120 valence electrons. The Morgan fingerprint density at radius 1 is 1.17 bits per heavy atom. The van der Waals surface area contributed by atoms with Gasteiger partial charge in [0.05, 0.1) is 25.6 Å². The molecule has 0 aromatic heterocycles. The minimum Gasteiger partial charge on any atom is -0.497 e. The first kappa shape index (κ1) is 15.6. The predicted molar refractivity (Wildman–Crippen MR) is 93.1 cm³/mol. The first-order valence-electron chi connectivity index (χ1n) is 7.25. The standard InChI is InChI=1S/C17H18N2O3S/c1-21-12-7-8-15(22-2)13(11-12)18-17(20)19-9-10-23-16-6-4-3-5-14(16)19/h3-8,11H,9-10H2,1-2H3,(H,18,20). The molecule has 2 amide bonds. The van der Waals surface area contributed by atoms with Crippen LogP contribution >= 0.6 is 11.8 Å². The molecule has 0 saturated heterocycles. The van der Waals surface area contributed by atoms with Crippen molar-refractivity contribution >= 4 is 29.2 Å². The van der Waals surface area contributed by atoms with Crippen LogP contribution in [0.1, 0.15) is 0 Å². The number of amides is 2. The summed E-state index contributed by atoms with van der Waals surface area (Å²) < 4.78 is 10.5. The third-order valence-corrected chi connectivity index (χ3v) is 4.66. The van der Waals surface area contributed by atoms with Gasteiger partial charge in [-0.05, 0) is 24.3 Å². The highest BCUT2D eigenvalue weighted by Crippen LogP contribution is 2.35. The monoisotopic (exact) mass is 330 g/mol. The van der Waals surface area contributed by atoms with Gasteiger partial charge in [-0.3, -0.25) is 4.90 Å². The van der Waals surface area contributed by atoms with E-state index in [2.05, 4.69) is 5.32 Å². The van der Waals surface area contributed by atoms with Gasteiger partial charge in [0.15, 0.2) is 0 Å². The summed E-state index contributed by atoms with van der Waals surface area (Å²) in [6.07, 6.45) is 0. The van der Waals surface area contributed by atoms with Crippen LogP contribution in [-0.4, -0.2) is 32.5 Å². The Bertz CT molecular complexity index is 721. The molecule has 0 atom stereocenters. The van der Waals surface area contributed by atoms with Crippen LogP contribution in [0.5, 0.6) is 11.5 Å². The van der Waals surface area contributed by atoms with Crippen molar-refractivity contribution in [1.82, 2.24) is 0 Å². The van der Waals surface area contributed by atoms with Gasteiger partial charge in [-0.25, -0.2) is 4.79 Å². The van der Waals surface area contributed by atoms with Gasteiger partial charge in [-0.2, -0.15) is 0 Å². The number of methoxy groups -OCH3 is 2. The van der Waals surface area contributed by atoms with Crippen molar-refractivity contribution in [3.63, 3.8) is 0 Å². The normalized spacial score (nSPS) is 13.2. The molecule has 3 rings (SSSR count). The molecular formula is C17H18N2O3S. The Hall–Kier alpha value is -2.34. The molecule has 1 aliphatic rings. The fourth-order valence-corrected chi connectivity index (χ4v) is 3.47. The van der Waals surface area contributed by atoms with E-state index in [-0.39, 0.29) is 6.03 Å². The molecule has 6 heteroatoms. The van der Waals surface area contributed by atoms with Gasteiger partial charge in [0.1, 0.15) is 11.5 Å². The van der Waals surface area contributed by atoms with Gasteiger partial charge in [0.25, 0.3) is 0 Å². The Kier molecular flexibility index (Phi) is 4.62. The second-order valence-electron chi connectivity index (χ2n) is 4.96. The lowest BCUT2D eigenvalue weighted by Crippen LogP contribution is -2.38. The van der Waals surface area contributed by atoms with Crippen LogP contribution in [-0.2, 0) is 0 Å². The second-order valence-corrected chi connectivity index (χ2v) is 6.10. The van der Waals surface area contributed by atoms with E-state index in [4.69, 9.17) is 9.47 Å². The smallest absolute Gasteiger partial charge is 0.326 e. The van der Waals surface area contributed by atoms with Gasteiger partial charge in [0.2, 0.25) is 0 Å². The number of nitrogens with one attached hydrogen (secondary N) is 1. The molecule has 1 heterocycles. The summed E-state index contributed by atoms with van der Waals surface area (Å²) in [5.41, 5.74) is 1.52. The molecule has 5 nitrogen and oxygen atoms in total. The Balaban J connectivity index is 1.86. The lowest BCUT2D eigenvalue weighted by molar-refractivity contribution is 0.257.